The van der Waals surface area contributed by atoms with Crippen molar-refractivity contribution in [3.63, 3.8) is 0 Å². The van der Waals surface area contributed by atoms with E-state index in [9.17, 15) is 9.59 Å². The van der Waals surface area contributed by atoms with E-state index in [2.05, 4.69) is 4.99 Å². The lowest BCUT2D eigenvalue weighted by molar-refractivity contribution is 0.0616. The third-order valence-corrected chi connectivity index (χ3v) is 5.22. The average Bonchev–Trinajstić information content (AvgIpc) is 2.73. The van der Waals surface area contributed by atoms with Gasteiger partial charge in [-0.3, -0.25) is 19.1 Å². The topological polar surface area (TPSA) is 63.9 Å². The van der Waals surface area contributed by atoms with Crippen molar-refractivity contribution in [3.8, 4) is 5.75 Å². The lowest BCUT2D eigenvalue weighted by Crippen LogP contribution is -2.42. The van der Waals surface area contributed by atoms with Crippen molar-refractivity contribution in [1.82, 2.24) is 9.47 Å². The molecule has 1 fully saturated rings. The third kappa shape index (κ3) is 4.88. The zero-order valence-corrected chi connectivity index (χ0v) is 17.7. The minimum absolute atomic E-state index is 0.0254. The van der Waals surface area contributed by atoms with Crippen molar-refractivity contribution < 1.29 is 14.3 Å². The fraction of sp³-hybridized carbons (Fsp3) is 0.409. The summed E-state index contributed by atoms with van der Waals surface area (Å²) in [6.45, 7) is 4.98. The molecule has 29 heavy (non-hydrogen) atoms. The van der Waals surface area contributed by atoms with Crippen LogP contribution in [0.5, 0.6) is 5.75 Å². The third-order valence-electron chi connectivity index (χ3n) is 4.99. The maximum Gasteiger partial charge on any atom is 0.257 e. The van der Waals surface area contributed by atoms with Crippen LogP contribution in [0.15, 0.2) is 47.6 Å². The molecule has 1 aliphatic heterocycles. The van der Waals surface area contributed by atoms with Crippen LogP contribution in [0.1, 0.15) is 41.8 Å². The maximum absolute atomic E-state index is 13.1. The molecule has 0 bridgehead atoms. The molecular weight excluding hydrogens is 390 g/mol. The molecule has 0 saturated carbocycles. The van der Waals surface area contributed by atoms with E-state index in [4.69, 9.17) is 16.3 Å². The molecule has 0 aliphatic carbocycles. The number of rotatable bonds is 4. The standard InChI is InChI=1S/C22H26ClN3O3/c1-15(2)24-20-6-4-5-11-26(20)21(27)16-9-12-25(13-10-16)22(28)18-14-17(23)7-8-19(18)29-3/h4-8,11,14-16H,9-10,12-13H2,1-3H3. The Kier molecular flexibility index (Phi) is 6.75. The van der Waals surface area contributed by atoms with Crippen LogP contribution in [0, 0.1) is 5.92 Å². The minimum atomic E-state index is -0.145. The zero-order valence-electron chi connectivity index (χ0n) is 17.0. The van der Waals surface area contributed by atoms with Crippen molar-refractivity contribution in [2.45, 2.75) is 32.7 Å². The average molecular weight is 416 g/mol. The van der Waals surface area contributed by atoms with Gasteiger partial charge in [-0.25, -0.2) is 0 Å². The number of aromatic nitrogens is 1. The van der Waals surface area contributed by atoms with E-state index in [0.29, 0.717) is 47.8 Å². The molecule has 0 spiro atoms. The summed E-state index contributed by atoms with van der Waals surface area (Å²) in [5.74, 6) is 0.252. The molecule has 1 saturated heterocycles. The second kappa shape index (κ2) is 9.27. The molecule has 7 heteroatoms. The van der Waals surface area contributed by atoms with E-state index >= 15 is 0 Å². The molecule has 1 amide bonds. The van der Waals surface area contributed by atoms with Crippen molar-refractivity contribution in [2.24, 2.45) is 10.9 Å². The van der Waals surface area contributed by atoms with E-state index in [-0.39, 0.29) is 23.8 Å². The molecule has 0 N–H and O–H groups in total. The molecule has 1 aromatic heterocycles. The first-order valence-corrected chi connectivity index (χ1v) is 10.2. The summed E-state index contributed by atoms with van der Waals surface area (Å²) in [6.07, 6.45) is 2.98. The molecule has 2 heterocycles. The van der Waals surface area contributed by atoms with Gasteiger partial charge in [0, 0.05) is 36.3 Å². The molecule has 0 unspecified atom stereocenters. The van der Waals surface area contributed by atoms with Crippen molar-refractivity contribution >= 4 is 23.4 Å². The van der Waals surface area contributed by atoms with Gasteiger partial charge in [0.2, 0.25) is 5.91 Å². The van der Waals surface area contributed by atoms with Gasteiger partial charge in [0.15, 0.2) is 0 Å². The summed E-state index contributed by atoms with van der Waals surface area (Å²) in [5, 5.41) is 0.487. The summed E-state index contributed by atoms with van der Waals surface area (Å²) in [4.78, 5) is 32.3. The van der Waals surface area contributed by atoms with Gasteiger partial charge in [0.1, 0.15) is 11.2 Å². The van der Waals surface area contributed by atoms with Crippen LogP contribution in [-0.4, -0.2) is 47.5 Å². The molecule has 0 radical (unpaired) electrons. The number of pyridine rings is 1. The number of carbonyl (C=O) groups is 2. The number of amides is 1. The highest BCUT2D eigenvalue weighted by Crippen LogP contribution is 2.26. The minimum Gasteiger partial charge on any atom is -0.496 e. The Labute approximate surface area is 175 Å². The van der Waals surface area contributed by atoms with Crippen LogP contribution in [0.4, 0.5) is 0 Å². The van der Waals surface area contributed by atoms with E-state index < -0.39 is 0 Å². The maximum atomic E-state index is 13.1. The lowest BCUT2D eigenvalue weighted by atomic mass is 9.95. The molecule has 1 aromatic carbocycles. The fourth-order valence-corrected chi connectivity index (χ4v) is 3.71. The van der Waals surface area contributed by atoms with Crippen molar-refractivity contribution in [2.75, 3.05) is 20.2 Å². The van der Waals surface area contributed by atoms with Gasteiger partial charge in [-0.1, -0.05) is 17.7 Å². The van der Waals surface area contributed by atoms with Gasteiger partial charge in [-0.15, -0.1) is 0 Å². The van der Waals surface area contributed by atoms with Crippen LogP contribution in [-0.2, 0) is 0 Å². The Morgan fingerprint density at radius 1 is 1.17 bits per heavy atom. The molecule has 3 rings (SSSR count). The number of ether oxygens (including phenoxy) is 1. The van der Waals surface area contributed by atoms with Crippen LogP contribution in [0.3, 0.4) is 0 Å². The summed E-state index contributed by atoms with van der Waals surface area (Å²) in [6, 6.07) is 10.7. The predicted octanol–water partition coefficient (Wildman–Crippen LogP) is 3.65. The quantitative estimate of drug-likeness (QED) is 0.765. The lowest BCUT2D eigenvalue weighted by Gasteiger charge is -2.32. The fourth-order valence-electron chi connectivity index (χ4n) is 3.53. The Bertz CT molecular complexity index is 960. The number of hydrogen-bond donors (Lipinski definition) is 0. The number of piperidine rings is 1. The van der Waals surface area contributed by atoms with E-state index in [1.54, 1.807) is 33.9 Å². The van der Waals surface area contributed by atoms with Crippen LogP contribution in [0.2, 0.25) is 5.02 Å². The van der Waals surface area contributed by atoms with Gasteiger partial charge >= 0.3 is 0 Å². The van der Waals surface area contributed by atoms with Gasteiger partial charge in [0.05, 0.1) is 12.7 Å². The smallest absolute Gasteiger partial charge is 0.257 e. The number of benzene rings is 1. The molecule has 2 aromatic rings. The number of likely N-dealkylation sites (tertiary alicyclic amines) is 1. The molecule has 154 valence electrons. The first kappa shape index (κ1) is 21.1. The molecule has 6 nitrogen and oxygen atoms in total. The SMILES string of the molecule is COc1ccc(Cl)cc1C(=O)N1CCC(C(=O)n2ccccc2=NC(C)C)CC1. The first-order valence-electron chi connectivity index (χ1n) is 9.79. The number of nitrogens with zero attached hydrogens (tertiary/aromatic N) is 3. The van der Waals surface area contributed by atoms with E-state index in [1.807, 2.05) is 32.0 Å². The van der Waals surface area contributed by atoms with E-state index in [0.717, 1.165) is 0 Å². The summed E-state index contributed by atoms with van der Waals surface area (Å²) in [5.41, 5.74) is 1.11. The van der Waals surface area contributed by atoms with Gasteiger partial charge in [-0.2, -0.15) is 0 Å². The van der Waals surface area contributed by atoms with Gasteiger partial charge in [0.25, 0.3) is 5.91 Å². The molecule has 0 atom stereocenters. The van der Waals surface area contributed by atoms with Crippen LogP contribution < -0.4 is 10.2 Å². The van der Waals surface area contributed by atoms with Gasteiger partial charge < -0.3 is 9.64 Å². The predicted molar refractivity (Wildman–Crippen MR) is 112 cm³/mol. The second-order valence-electron chi connectivity index (χ2n) is 7.40. The summed E-state index contributed by atoms with van der Waals surface area (Å²) >= 11 is 6.06. The van der Waals surface area contributed by atoms with Crippen molar-refractivity contribution in [3.05, 3.63) is 58.7 Å². The summed E-state index contributed by atoms with van der Waals surface area (Å²) in [7, 11) is 1.53. The number of carbonyl (C=O) groups excluding carboxylic acids is 2. The highest BCUT2D eigenvalue weighted by Gasteiger charge is 2.29. The summed E-state index contributed by atoms with van der Waals surface area (Å²) < 4.78 is 6.93. The Morgan fingerprint density at radius 2 is 1.90 bits per heavy atom. The highest BCUT2D eigenvalue weighted by molar-refractivity contribution is 6.31. The second-order valence-corrected chi connectivity index (χ2v) is 7.84. The number of hydrogen-bond acceptors (Lipinski definition) is 4. The van der Waals surface area contributed by atoms with Crippen LogP contribution >= 0.6 is 11.6 Å². The van der Waals surface area contributed by atoms with Crippen LogP contribution in [0.25, 0.3) is 0 Å². The Morgan fingerprint density at radius 3 is 2.55 bits per heavy atom. The first-order chi connectivity index (χ1) is 13.9. The Hall–Kier alpha value is -2.60. The molecule has 1 aliphatic rings. The largest absolute Gasteiger partial charge is 0.496 e. The van der Waals surface area contributed by atoms with Crippen molar-refractivity contribution in [1.29, 1.82) is 0 Å². The monoisotopic (exact) mass is 415 g/mol. The Balaban J connectivity index is 1.72. The zero-order chi connectivity index (χ0) is 21.0. The number of halogens is 1. The highest BCUT2D eigenvalue weighted by atomic mass is 35.5. The normalized spacial score (nSPS) is 15.6. The van der Waals surface area contributed by atoms with E-state index in [1.165, 1.54) is 7.11 Å². The van der Waals surface area contributed by atoms with Gasteiger partial charge in [-0.05, 0) is 57.0 Å². The number of methoxy groups -OCH3 is 1. The molecular formula is C22H26ClN3O3.